The summed E-state index contributed by atoms with van der Waals surface area (Å²) in [4.78, 5) is 38.9. The largest absolute Gasteiger partial charge is 0.508 e. The molecule has 1 aliphatic heterocycles. The Morgan fingerprint density at radius 1 is 1.30 bits per heavy atom. The molecule has 27 heavy (non-hydrogen) atoms. The van der Waals surface area contributed by atoms with Crippen LogP contribution in [-0.4, -0.2) is 53.5 Å². The number of amides is 2. The standard InChI is InChI=1S/C20H28N2O5/c1-3-4-7-18(24)22-12-5-6-17(22)19(25)21-16(20(26)27-2)13-14-8-10-15(23)11-9-14/h8-11,16-17,23H,3-7,12-13H2,1-2H3,(H,21,25). The van der Waals surface area contributed by atoms with E-state index in [4.69, 9.17) is 4.74 Å². The third-order valence-electron chi connectivity index (χ3n) is 4.80. The van der Waals surface area contributed by atoms with Crippen molar-refractivity contribution in [3.05, 3.63) is 29.8 Å². The molecular weight excluding hydrogens is 348 g/mol. The van der Waals surface area contributed by atoms with Crippen LogP contribution in [0.25, 0.3) is 0 Å². The van der Waals surface area contributed by atoms with Gasteiger partial charge in [-0.05, 0) is 37.0 Å². The summed E-state index contributed by atoms with van der Waals surface area (Å²) in [5, 5.41) is 12.1. The number of rotatable bonds is 8. The number of hydrogen-bond donors (Lipinski definition) is 2. The Balaban J connectivity index is 2.04. The number of esters is 1. The van der Waals surface area contributed by atoms with Crippen LogP contribution in [0.5, 0.6) is 5.75 Å². The first-order valence-corrected chi connectivity index (χ1v) is 9.41. The number of nitrogens with zero attached hydrogens (tertiary/aromatic N) is 1. The number of likely N-dealkylation sites (tertiary alicyclic amines) is 1. The average Bonchev–Trinajstić information content (AvgIpc) is 3.16. The maximum Gasteiger partial charge on any atom is 0.328 e. The second kappa shape index (κ2) is 9.94. The molecule has 1 aromatic carbocycles. The van der Waals surface area contributed by atoms with Gasteiger partial charge in [0.1, 0.15) is 17.8 Å². The summed E-state index contributed by atoms with van der Waals surface area (Å²) in [6.07, 6.45) is 3.78. The molecule has 2 unspecified atom stereocenters. The Hall–Kier alpha value is -2.57. The van der Waals surface area contributed by atoms with Crippen LogP contribution >= 0.6 is 0 Å². The van der Waals surface area contributed by atoms with E-state index in [1.807, 2.05) is 6.92 Å². The van der Waals surface area contributed by atoms with Gasteiger partial charge in [0.05, 0.1) is 7.11 Å². The van der Waals surface area contributed by atoms with E-state index in [0.29, 0.717) is 19.4 Å². The molecule has 0 bridgehead atoms. The Morgan fingerprint density at radius 2 is 2.00 bits per heavy atom. The van der Waals surface area contributed by atoms with Crippen molar-refractivity contribution in [1.82, 2.24) is 10.2 Å². The highest BCUT2D eigenvalue weighted by Gasteiger charge is 2.35. The first-order valence-electron chi connectivity index (χ1n) is 9.41. The zero-order valence-electron chi connectivity index (χ0n) is 15.9. The molecule has 0 radical (unpaired) electrons. The first-order chi connectivity index (χ1) is 13.0. The third kappa shape index (κ3) is 5.70. The molecular formula is C20H28N2O5. The molecule has 0 saturated carbocycles. The third-order valence-corrected chi connectivity index (χ3v) is 4.80. The molecule has 2 amide bonds. The average molecular weight is 376 g/mol. The molecule has 7 nitrogen and oxygen atoms in total. The minimum Gasteiger partial charge on any atom is -0.508 e. The predicted octanol–water partition coefficient (Wildman–Crippen LogP) is 1.77. The van der Waals surface area contributed by atoms with Crippen molar-refractivity contribution >= 4 is 17.8 Å². The molecule has 0 aliphatic carbocycles. The van der Waals surface area contributed by atoms with Crippen molar-refractivity contribution in [2.24, 2.45) is 0 Å². The maximum absolute atomic E-state index is 12.8. The second-order valence-electron chi connectivity index (χ2n) is 6.80. The summed E-state index contributed by atoms with van der Waals surface area (Å²) in [7, 11) is 1.27. The van der Waals surface area contributed by atoms with Crippen LogP contribution < -0.4 is 5.32 Å². The molecule has 148 valence electrons. The van der Waals surface area contributed by atoms with E-state index in [-0.39, 0.29) is 24.0 Å². The van der Waals surface area contributed by atoms with E-state index in [0.717, 1.165) is 24.8 Å². The molecule has 1 aromatic rings. The van der Waals surface area contributed by atoms with Gasteiger partial charge in [-0.15, -0.1) is 0 Å². The second-order valence-corrected chi connectivity index (χ2v) is 6.80. The van der Waals surface area contributed by atoms with E-state index in [2.05, 4.69) is 5.32 Å². The lowest BCUT2D eigenvalue weighted by molar-refractivity contribution is -0.146. The fourth-order valence-corrected chi connectivity index (χ4v) is 3.28. The lowest BCUT2D eigenvalue weighted by atomic mass is 10.0. The summed E-state index contributed by atoms with van der Waals surface area (Å²) in [5.41, 5.74) is 0.783. The molecule has 0 aromatic heterocycles. The smallest absolute Gasteiger partial charge is 0.328 e. The van der Waals surface area contributed by atoms with Gasteiger partial charge in [0.15, 0.2) is 0 Å². The molecule has 0 spiro atoms. The van der Waals surface area contributed by atoms with Crippen LogP contribution in [0, 0.1) is 0 Å². The van der Waals surface area contributed by atoms with E-state index >= 15 is 0 Å². The van der Waals surface area contributed by atoms with Crippen molar-refractivity contribution in [2.75, 3.05) is 13.7 Å². The quantitative estimate of drug-likeness (QED) is 0.674. The number of hydrogen-bond acceptors (Lipinski definition) is 5. The molecule has 1 fully saturated rings. The Labute approximate surface area is 159 Å². The van der Waals surface area contributed by atoms with E-state index in [1.54, 1.807) is 17.0 Å². The molecule has 1 heterocycles. The summed E-state index contributed by atoms with van der Waals surface area (Å²) >= 11 is 0. The summed E-state index contributed by atoms with van der Waals surface area (Å²) in [6.45, 7) is 2.59. The number of nitrogens with one attached hydrogen (secondary N) is 1. The number of phenolic OH excluding ortho intramolecular Hbond substituents is 1. The molecule has 1 saturated heterocycles. The number of methoxy groups -OCH3 is 1. The van der Waals surface area contributed by atoms with Gasteiger partial charge >= 0.3 is 5.97 Å². The highest BCUT2D eigenvalue weighted by Crippen LogP contribution is 2.20. The SMILES string of the molecule is CCCCC(=O)N1CCCC1C(=O)NC(Cc1ccc(O)cc1)C(=O)OC. The lowest BCUT2D eigenvalue weighted by Gasteiger charge is -2.26. The van der Waals surface area contributed by atoms with Gasteiger partial charge in [-0.2, -0.15) is 0 Å². The number of aromatic hydroxyl groups is 1. The molecule has 2 N–H and O–H groups in total. The van der Waals surface area contributed by atoms with Crippen LogP contribution in [0.4, 0.5) is 0 Å². The molecule has 7 heteroatoms. The number of phenols is 1. The summed E-state index contributed by atoms with van der Waals surface area (Å²) in [6, 6.07) is 5.04. The first kappa shape index (κ1) is 20.7. The van der Waals surface area contributed by atoms with E-state index in [1.165, 1.54) is 19.2 Å². The van der Waals surface area contributed by atoms with Crippen LogP contribution in [0.15, 0.2) is 24.3 Å². The van der Waals surface area contributed by atoms with Gasteiger partial charge in [-0.3, -0.25) is 9.59 Å². The highest BCUT2D eigenvalue weighted by atomic mass is 16.5. The molecule has 2 rings (SSSR count). The topological polar surface area (TPSA) is 95.9 Å². The monoisotopic (exact) mass is 376 g/mol. The van der Waals surface area contributed by atoms with Crippen LogP contribution in [0.3, 0.4) is 0 Å². The number of unbranched alkanes of at least 4 members (excludes halogenated alkanes) is 1. The predicted molar refractivity (Wildman–Crippen MR) is 100 cm³/mol. The Bertz CT molecular complexity index is 659. The van der Waals surface area contributed by atoms with Crippen molar-refractivity contribution in [1.29, 1.82) is 0 Å². The van der Waals surface area contributed by atoms with Crippen molar-refractivity contribution in [3.8, 4) is 5.75 Å². The van der Waals surface area contributed by atoms with Gasteiger partial charge < -0.3 is 20.1 Å². The summed E-state index contributed by atoms with van der Waals surface area (Å²) < 4.78 is 4.82. The van der Waals surface area contributed by atoms with Crippen molar-refractivity contribution < 1.29 is 24.2 Å². The zero-order chi connectivity index (χ0) is 19.8. The fourth-order valence-electron chi connectivity index (χ4n) is 3.28. The number of carbonyl (C=O) groups excluding carboxylic acids is 3. The van der Waals surface area contributed by atoms with Crippen LogP contribution in [0.2, 0.25) is 0 Å². The molecule has 2 atom stereocenters. The maximum atomic E-state index is 12.8. The van der Waals surface area contributed by atoms with Crippen molar-refractivity contribution in [2.45, 2.75) is 57.5 Å². The Morgan fingerprint density at radius 3 is 2.63 bits per heavy atom. The van der Waals surface area contributed by atoms with Gasteiger partial charge in [-0.25, -0.2) is 4.79 Å². The highest BCUT2D eigenvalue weighted by molar-refractivity contribution is 5.91. The van der Waals surface area contributed by atoms with E-state index in [9.17, 15) is 19.5 Å². The molecule has 1 aliphatic rings. The van der Waals surface area contributed by atoms with E-state index < -0.39 is 18.1 Å². The van der Waals surface area contributed by atoms with Crippen molar-refractivity contribution in [3.63, 3.8) is 0 Å². The normalized spacial score (nSPS) is 17.4. The Kier molecular flexibility index (Phi) is 7.64. The minimum absolute atomic E-state index is 0.0114. The summed E-state index contributed by atoms with van der Waals surface area (Å²) in [5.74, 6) is -0.753. The van der Waals surface area contributed by atoms with Crippen LogP contribution in [0.1, 0.15) is 44.6 Å². The lowest BCUT2D eigenvalue weighted by Crippen LogP contribution is -2.51. The zero-order valence-corrected chi connectivity index (χ0v) is 15.9. The number of benzene rings is 1. The van der Waals surface area contributed by atoms with Gasteiger partial charge in [0.2, 0.25) is 11.8 Å². The number of carbonyl (C=O) groups is 3. The number of ether oxygens (including phenoxy) is 1. The van der Waals surface area contributed by atoms with Gasteiger partial charge in [-0.1, -0.05) is 25.5 Å². The van der Waals surface area contributed by atoms with Gasteiger partial charge in [0, 0.05) is 19.4 Å². The minimum atomic E-state index is -0.847. The fraction of sp³-hybridized carbons (Fsp3) is 0.550. The van der Waals surface area contributed by atoms with Crippen LogP contribution in [-0.2, 0) is 25.5 Å². The van der Waals surface area contributed by atoms with Gasteiger partial charge in [0.25, 0.3) is 0 Å².